The van der Waals surface area contributed by atoms with Crippen LogP contribution in [0.2, 0.25) is 5.02 Å². The molecule has 0 bridgehead atoms. The van der Waals surface area contributed by atoms with Crippen LogP contribution in [0.3, 0.4) is 0 Å². The Morgan fingerprint density at radius 1 is 1.16 bits per heavy atom. The van der Waals surface area contributed by atoms with Gasteiger partial charge in [-0.3, -0.25) is 4.79 Å². The molecule has 0 unspecified atom stereocenters. The minimum atomic E-state index is -4.53. The number of hydrogen-bond acceptors (Lipinski definition) is 4. The maximum absolute atomic E-state index is 12.9. The smallest absolute Gasteiger partial charge is 0.324 e. The van der Waals surface area contributed by atoms with Crippen molar-refractivity contribution in [1.82, 2.24) is 14.8 Å². The van der Waals surface area contributed by atoms with E-state index in [-0.39, 0.29) is 16.5 Å². The number of rotatable bonds is 6. The van der Waals surface area contributed by atoms with Gasteiger partial charge in [-0.2, -0.15) is 13.2 Å². The number of nitrogens with one attached hydrogen (secondary N) is 1. The first kappa shape index (κ1) is 23.1. The van der Waals surface area contributed by atoms with Gasteiger partial charge < -0.3 is 9.88 Å². The number of aromatic nitrogens is 3. The maximum atomic E-state index is 12.9. The minimum Gasteiger partial charge on any atom is -0.324 e. The summed E-state index contributed by atoms with van der Waals surface area (Å²) >= 11 is 7.04. The topological polar surface area (TPSA) is 59.8 Å². The zero-order valence-electron chi connectivity index (χ0n) is 17.0. The summed E-state index contributed by atoms with van der Waals surface area (Å²) in [5.74, 6) is 0.505. The van der Waals surface area contributed by atoms with Gasteiger partial charge >= 0.3 is 6.18 Å². The molecule has 3 aromatic rings. The summed E-state index contributed by atoms with van der Waals surface area (Å²) in [6, 6.07) is 10.8. The van der Waals surface area contributed by atoms with Gasteiger partial charge in [-0.15, -0.1) is 10.2 Å². The zero-order chi connectivity index (χ0) is 22.8. The molecule has 1 heterocycles. The van der Waals surface area contributed by atoms with Gasteiger partial charge in [-0.05, 0) is 29.7 Å². The number of benzene rings is 2. The molecule has 5 nitrogen and oxygen atoms in total. The number of thioether (sulfide) groups is 1. The Kier molecular flexibility index (Phi) is 6.96. The lowest BCUT2D eigenvalue weighted by atomic mass is 10.0. The second-order valence-corrected chi connectivity index (χ2v) is 8.52. The van der Waals surface area contributed by atoms with Crippen molar-refractivity contribution in [2.45, 2.75) is 31.1 Å². The molecule has 0 fully saturated rings. The highest BCUT2D eigenvalue weighted by Gasteiger charge is 2.31. The molecule has 3 rings (SSSR count). The maximum Gasteiger partial charge on any atom is 0.416 e. The van der Waals surface area contributed by atoms with Crippen molar-refractivity contribution in [2.75, 3.05) is 11.1 Å². The van der Waals surface area contributed by atoms with E-state index in [4.69, 9.17) is 11.6 Å². The van der Waals surface area contributed by atoms with Gasteiger partial charge in [0.1, 0.15) is 0 Å². The van der Waals surface area contributed by atoms with E-state index in [1.165, 1.54) is 5.56 Å². The van der Waals surface area contributed by atoms with Crippen LogP contribution >= 0.6 is 23.4 Å². The molecule has 0 radical (unpaired) electrons. The largest absolute Gasteiger partial charge is 0.416 e. The van der Waals surface area contributed by atoms with Crippen molar-refractivity contribution in [2.24, 2.45) is 7.05 Å². The predicted octanol–water partition coefficient (Wildman–Crippen LogP) is 6.01. The molecule has 164 valence electrons. The molecule has 0 saturated heterocycles. The summed E-state index contributed by atoms with van der Waals surface area (Å²) in [6.07, 6.45) is -4.53. The quantitative estimate of drug-likeness (QED) is 0.450. The van der Waals surface area contributed by atoms with Crippen LogP contribution < -0.4 is 5.32 Å². The Bertz CT molecular complexity index is 1080. The van der Waals surface area contributed by atoms with Crippen molar-refractivity contribution in [1.29, 1.82) is 0 Å². The van der Waals surface area contributed by atoms with Crippen LogP contribution in [0.5, 0.6) is 0 Å². The number of anilines is 1. The lowest BCUT2D eigenvalue weighted by molar-refractivity contribution is -0.137. The number of carbonyl (C=O) groups excluding carboxylic acids is 1. The van der Waals surface area contributed by atoms with E-state index in [0.717, 1.165) is 35.5 Å². The number of hydrogen-bond donors (Lipinski definition) is 1. The Balaban J connectivity index is 1.66. The average Bonchev–Trinajstić information content (AvgIpc) is 3.07. The molecule has 0 aliphatic heterocycles. The predicted molar refractivity (Wildman–Crippen MR) is 116 cm³/mol. The normalized spacial score (nSPS) is 11.7. The molecule has 0 atom stereocenters. The fourth-order valence-electron chi connectivity index (χ4n) is 2.82. The molecule has 1 N–H and O–H groups in total. The number of nitrogens with zero attached hydrogens (tertiary/aromatic N) is 3. The fraction of sp³-hybridized carbons (Fsp3) is 0.286. The highest BCUT2D eigenvalue weighted by atomic mass is 35.5. The third kappa shape index (κ3) is 5.59. The molecule has 10 heteroatoms. The Labute approximate surface area is 187 Å². The van der Waals surface area contributed by atoms with E-state index in [1.807, 2.05) is 24.3 Å². The van der Waals surface area contributed by atoms with Crippen LogP contribution in [0.4, 0.5) is 18.9 Å². The van der Waals surface area contributed by atoms with Crippen LogP contribution in [0.15, 0.2) is 47.6 Å². The van der Waals surface area contributed by atoms with Gasteiger partial charge in [0.25, 0.3) is 0 Å². The SMILES string of the molecule is CC(C)c1ccc(-c2nnc(SCC(=O)Nc3cc(C(F)(F)F)ccc3Cl)n2C)cc1. The summed E-state index contributed by atoms with van der Waals surface area (Å²) < 4.78 is 40.4. The molecule has 0 saturated carbocycles. The first-order chi connectivity index (χ1) is 14.6. The second-order valence-electron chi connectivity index (χ2n) is 7.17. The molecule has 2 aromatic carbocycles. The Hall–Kier alpha value is -2.52. The summed E-state index contributed by atoms with van der Waals surface area (Å²) in [5, 5.41) is 11.3. The molecule has 31 heavy (non-hydrogen) atoms. The van der Waals surface area contributed by atoms with E-state index in [2.05, 4.69) is 29.4 Å². The molecule has 1 aromatic heterocycles. The van der Waals surface area contributed by atoms with Crippen molar-refractivity contribution in [3.63, 3.8) is 0 Å². The molecule has 0 aliphatic rings. The van der Waals surface area contributed by atoms with Crippen molar-refractivity contribution >= 4 is 35.0 Å². The van der Waals surface area contributed by atoms with Crippen molar-refractivity contribution in [3.05, 3.63) is 58.6 Å². The second kappa shape index (κ2) is 9.32. The summed E-state index contributed by atoms with van der Waals surface area (Å²) in [5.41, 5.74) is 1.13. The number of halogens is 4. The fourth-order valence-corrected chi connectivity index (χ4v) is 3.70. The van der Waals surface area contributed by atoms with Gasteiger partial charge in [-0.1, -0.05) is 61.5 Å². The van der Waals surface area contributed by atoms with Crippen LogP contribution in [0.25, 0.3) is 11.4 Å². The first-order valence-corrected chi connectivity index (χ1v) is 10.7. The van der Waals surface area contributed by atoms with Crippen LogP contribution in [0, 0.1) is 0 Å². The third-order valence-electron chi connectivity index (χ3n) is 4.57. The van der Waals surface area contributed by atoms with Gasteiger partial charge in [0.05, 0.1) is 22.0 Å². The van der Waals surface area contributed by atoms with Crippen LogP contribution in [-0.2, 0) is 18.0 Å². The Morgan fingerprint density at radius 3 is 2.45 bits per heavy atom. The van der Waals surface area contributed by atoms with E-state index < -0.39 is 17.6 Å². The van der Waals surface area contributed by atoms with Gasteiger partial charge in [0.15, 0.2) is 11.0 Å². The molecular weight excluding hydrogens is 449 g/mol. The van der Waals surface area contributed by atoms with E-state index >= 15 is 0 Å². The monoisotopic (exact) mass is 468 g/mol. The molecule has 0 spiro atoms. The lowest BCUT2D eigenvalue weighted by Crippen LogP contribution is -2.16. The Morgan fingerprint density at radius 2 is 1.84 bits per heavy atom. The number of alkyl halides is 3. The highest BCUT2D eigenvalue weighted by molar-refractivity contribution is 7.99. The molecular formula is C21H20ClF3N4OS. The number of carbonyl (C=O) groups is 1. The van der Waals surface area contributed by atoms with Crippen LogP contribution in [-0.4, -0.2) is 26.4 Å². The van der Waals surface area contributed by atoms with E-state index in [0.29, 0.717) is 16.9 Å². The molecule has 1 amide bonds. The van der Waals surface area contributed by atoms with Crippen LogP contribution in [0.1, 0.15) is 30.9 Å². The summed E-state index contributed by atoms with van der Waals surface area (Å²) in [4.78, 5) is 12.3. The van der Waals surface area contributed by atoms with Crippen molar-refractivity contribution < 1.29 is 18.0 Å². The highest BCUT2D eigenvalue weighted by Crippen LogP contribution is 2.34. The minimum absolute atomic E-state index is 0.0251. The summed E-state index contributed by atoms with van der Waals surface area (Å²) in [7, 11) is 1.79. The van der Waals surface area contributed by atoms with E-state index in [1.54, 1.807) is 11.6 Å². The lowest BCUT2D eigenvalue weighted by Gasteiger charge is -2.11. The molecule has 0 aliphatic carbocycles. The summed E-state index contributed by atoms with van der Waals surface area (Å²) in [6.45, 7) is 4.23. The zero-order valence-corrected chi connectivity index (χ0v) is 18.6. The van der Waals surface area contributed by atoms with E-state index in [9.17, 15) is 18.0 Å². The standard InChI is InChI=1S/C21H20ClF3N4OS/c1-12(2)13-4-6-14(7-5-13)19-27-28-20(29(19)3)31-11-18(30)26-17-10-15(21(23,24)25)8-9-16(17)22/h4-10,12H,11H2,1-3H3,(H,26,30). The van der Waals surface area contributed by atoms with Gasteiger partial charge in [0.2, 0.25) is 5.91 Å². The number of amides is 1. The van der Waals surface area contributed by atoms with Crippen molar-refractivity contribution in [3.8, 4) is 11.4 Å². The van der Waals surface area contributed by atoms with Gasteiger partial charge in [0, 0.05) is 12.6 Å². The van der Waals surface area contributed by atoms with Gasteiger partial charge in [-0.25, -0.2) is 0 Å². The third-order valence-corrected chi connectivity index (χ3v) is 5.92. The average molecular weight is 469 g/mol. The first-order valence-electron chi connectivity index (χ1n) is 9.35.